The zero-order valence-corrected chi connectivity index (χ0v) is 10.2. The van der Waals surface area contributed by atoms with Crippen LogP contribution in [0.2, 0.25) is 0 Å². The molecule has 0 amide bonds. The molecule has 1 rings (SSSR count). The third-order valence-corrected chi connectivity index (χ3v) is 3.07. The fourth-order valence-electron chi connectivity index (χ4n) is 2.27. The Morgan fingerprint density at radius 2 is 2.20 bits per heavy atom. The molecule has 0 aromatic heterocycles. The SMILES string of the molecule is C=C(C)N/C=C/[C@@H]1C(C)=C(NC)[C@@H]1CC. The molecule has 0 radical (unpaired) electrons. The minimum absolute atomic E-state index is 0.587. The van der Waals surface area contributed by atoms with E-state index in [0.717, 1.165) is 5.70 Å². The molecule has 0 aliphatic heterocycles. The minimum atomic E-state index is 0.587. The average molecular weight is 206 g/mol. The highest BCUT2D eigenvalue weighted by Crippen LogP contribution is 2.41. The average Bonchev–Trinajstić information content (AvgIpc) is 2.19. The topological polar surface area (TPSA) is 24.1 Å². The Morgan fingerprint density at radius 1 is 1.53 bits per heavy atom. The molecule has 0 unspecified atom stereocenters. The van der Waals surface area contributed by atoms with Crippen molar-refractivity contribution in [1.29, 1.82) is 0 Å². The smallest absolute Gasteiger partial charge is 0.0140 e. The summed E-state index contributed by atoms with van der Waals surface area (Å²) in [5, 5.41) is 6.41. The Morgan fingerprint density at radius 3 is 2.67 bits per heavy atom. The molecule has 15 heavy (non-hydrogen) atoms. The molecular weight excluding hydrogens is 184 g/mol. The number of hydrogen-bond donors (Lipinski definition) is 2. The van der Waals surface area contributed by atoms with Gasteiger partial charge in [0.25, 0.3) is 0 Å². The van der Waals surface area contributed by atoms with Crippen molar-refractivity contribution in [2.75, 3.05) is 7.05 Å². The van der Waals surface area contributed by atoms with Gasteiger partial charge in [-0.05, 0) is 32.0 Å². The Hall–Kier alpha value is -1.18. The van der Waals surface area contributed by atoms with Crippen LogP contribution in [0.4, 0.5) is 0 Å². The van der Waals surface area contributed by atoms with Crippen molar-refractivity contribution in [3.05, 3.63) is 35.8 Å². The summed E-state index contributed by atoms with van der Waals surface area (Å²) in [6.45, 7) is 10.2. The third kappa shape index (κ3) is 2.44. The molecule has 0 saturated carbocycles. The molecule has 0 saturated heterocycles. The van der Waals surface area contributed by atoms with Gasteiger partial charge in [-0.3, -0.25) is 0 Å². The van der Waals surface area contributed by atoms with Gasteiger partial charge in [-0.2, -0.15) is 0 Å². The minimum Gasteiger partial charge on any atom is -0.391 e. The van der Waals surface area contributed by atoms with E-state index < -0.39 is 0 Å². The van der Waals surface area contributed by atoms with Crippen molar-refractivity contribution in [1.82, 2.24) is 10.6 Å². The molecule has 84 valence electrons. The lowest BCUT2D eigenvalue weighted by molar-refractivity contribution is 0.393. The number of rotatable bonds is 5. The van der Waals surface area contributed by atoms with Crippen molar-refractivity contribution in [2.45, 2.75) is 27.2 Å². The third-order valence-electron chi connectivity index (χ3n) is 3.07. The van der Waals surface area contributed by atoms with E-state index in [9.17, 15) is 0 Å². The van der Waals surface area contributed by atoms with Crippen LogP contribution in [0.15, 0.2) is 35.8 Å². The van der Waals surface area contributed by atoms with E-state index in [1.807, 2.05) is 20.2 Å². The lowest BCUT2D eigenvalue weighted by atomic mass is 9.70. The maximum atomic E-state index is 3.80. The monoisotopic (exact) mass is 206 g/mol. The molecule has 0 aromatic rings. The number of nitrogens with one attached hydrogen (secondary N) is 2. The second-order valence-corrected chi connectivity index (χ2v) is 4.17. The molecule has 0 fully saturated rings. The summed E-state index contributed by atoms with van der Waals surface area (Å²) in [5.41, 5.74) is 3.86. The quantitative estimate of drug-likeness (QED) is 0.723. The highest BCUT2D eigenvalue weighted by atomic mass is 14.9. The fraction of sp³-hybridized carbons (Fsp3) is 0.538. The van der Waals surface area contributed by atoms with Crippen LogP contribution in [0.25, 0.3) is 0 Å². The van der Waals surface area contributed by atoms with E-state index in [-0.39, 0.29) is 0 Å². The van der Waals surface area contributed by atoms with Crippen molar-refractivity contribution in [2.24, 2.45) is 11.8 Å². The second-order valence-electron chi connectivity index (χ2n) is 4.17. The first-order valence-corrected chi connectivity index (χ1v) is 5.58. The summed E-state index contributed by atoms with van der Waals surface area (Å²) in [5.74, 6) is 1.25. The van der Waals surface area contributed by atoms with Crippen LogP contribution >= 0.6 is 0 Å². The molecule has 2 heteroatoms. The fourth-order valence-corrected chi connectivity index (χ4v) is 2.27. The molecular formula is C13H22N2. The summed E-state index contributed by atoms with van der Waals surface area (Å²) >= 11 is 0. The Labute approximate surface area is 93.1 Å². The van der Waals surface area contributed by atoms with Crippen molar-refractivity contribution < 1.29 is 0 Å². The summed E-state index contributed by atoms with van der Waals surface area (Å²) in [6.07, 6.45) is 5.43. The van der Waals surface area contributed by atoms with Gasteiger partial charge in [0.15, 0.2) is 0 Å². The van der Waals surface area contributed by atoms with Crippen LogP contribution < -0.4 is 10.6 Å². The Balaban J connectivity index is 2.61. The maximum absolute atomic E-state index is 3.80. The molecule has 0 spiro atoms. The van der Waals surface area contributed by atoms with Crippen LogP contribution in [0.3, 0.4) is 0 Å². The van der Waals surface area contributed by atoms with Gasteiger partial charge in [-0.1, -0.05) is 19.6 Å². The van der Waals surface area contributed by atoms with Gasteiger partial charge < -0.3 is 10.6 Å². The van der Waals surface area contributed by atoms with Crippen molar-refractivity contribution >= 4 is 0 Å². The van der Waals surface area contributed by atoms with Crippen LogP contribution in [0, 0.1) is 11.8 Å². The zero-order chi connectivity index (χ0) is 11.4. The maximum Gasteiger partial charge on any atom is 0.0140 e. The van der Waals surface area contributed by atoms with Gasteiger partial charge >= 0.3 is 0 Å². The van der Waals surface area contributed by atoms with Gasteiger partial charge in [-0.15, -0.1) is 0 Å². The van der Waals surface area contributed by atoms with E-state index in [0.29, 0.717) is 11.8 Å². The molecule has 2 atom stereocenters. The zero-order valence-electron chi connectivity index (χ0n) is 10.2. The first-order chi connectivity index (χ1) is 7.11. The standard InChI is InChI=1S/C13H22N2/c1-6-11-12(7-8-15-9(2)3)10(4)13(11)14-5/h7-8,11-12,14-15H,2,6H2,1,3-5H3/b8-7+/t11-,12-/m1/s1. The van der Waals surface area contributed by atoms with Crippen LogP contribution in [0.5, 0.6) is 0 Å². The first-order valence-electron chi connectivity index (χ1n) is 5.58. The predicted octanol–water partition coefficient (Wildman–Crippen LogP) is 2.77. The number of hydrogen-bond acceptors (Lipinski definition) is 2. The largest absolute Gasteiger partial charge is 0.391 e. The van der Waals surface area contributed by atoms with E-state index in [1.165, 1.54) is 17.7 Å². The van der Waals surface area contributed by atoms with Crippen LogP contribution in [0.1, 0.15) is 27.2 Å². The molecule has 2 nitrogen and oxygen atoms in total. The van der Waals surface area contributed by atoms with Crippen molar-refractivity contribution in [3.8, 4) is 0 Å². The van der Waals surface area contributed by atoms with E-state index in [1.54, 1.807) is 0 Å². The first kappa shape index (κ1) is 11.9. The summed E-state index contributed by atoms with van der Waals surface area (Å²) in [4.78, 5) is 0. The van der Waals surface area contributed by atoms with Gasteiger partial charge in [0, 0.05) is 30.3 Å². The molecule has 2 N–H and O–H groups in total. The Kier molecular flexibility index (Phi) is 4.01. The van der Waals surface area contributed by atoms with E-state index in [2.05, 4.69) is 37.1 Å². The van der Waals surface area contributed by atoms with Gasteiger partial charge in [-0.25, -0.2) is 0 Å². The van der Waals surface area contributed by atoms with E-state index in [4.69, 9.17) is 0 Å². The molecule has 0 bridgehead atoms. The summed E-state index contributed by atoms with van der Waals surface area (Å²) < 4.78 is 0. The highest BCUT2D eigenvalue weighted by molar-refractivity contribution is 5.33. The summed E-state index contributed by atoms with van der Waals surface area (Å²) in [7, 11) is 2.01. The lowest BCUT2D eigenvalue weighted by Gasteiger charge is -2.38. The number of allylic oxidation sites excluding steroid dienone is 4. The van der Waals surface area contributed by atoms with Gasteiger partial charge in [0.05, 0.1) is 0 Å². The normalized spacial score (nSPS) is 25.3. The lowest BCUT2D eigenvalue weighted by Crippen LogP contribution is -2.34. The van der Waals surface area contributed by atoms with Crippen LogP contribution in [-0.2, 0) is 0 Å². The molecule has 1 aliphatic rings. The Bertz CT molecular complexity index is 300. The highest BCUT2D eigenvalue weighted by Gasteiger charge is 2.33. The summed E-state index contributed by atoms with van der Waals surface area (Å²) in [6, 6.07) is 0. The predicted molar refractivity (Wildman–Crippen MR) is 66.1 cm³/mol. The molecule has 0 aromatic carbocycles. The van der Waals surface area contributed by atoms with Crippen LogP contribution in [-0.4, -0.2) is 7.05 Å². The van der Waals surface area contributed by atoms with Gasteiger partial charge in [0.1, 0.15) is 0 Å². The second kappa shape index (κ2) is 5.06. The van der Waals surface area contributed by atoms with E-state index >= 15 is 0 Å². The van der Waals surface area contributed by atoms with Crippen molar-refractivity contribution in [3.63, 3.8) is 0 Å². The molecule has 0 heterocycles. The van der Waals surface area contributed by atoms with Gasteiger partial charge in [0.2, 0.25) is 0 Å². The molecule has 1 aliphatic carbocycles.